The van der Waals surface area contributed by atoms with Crippen molar-refractivity contribution in [3.63, 3.8) is 0 Å². The summed E-state index contributed by atoms with van der Waals surface area (Å²) in [4.78, 5) is 0. The van der Waals surface area contributed by atoms with Crippen molar-refractivity contribution in [2.75, 3.05) is 13.2 Å². The molecule has 0 radical (unpaired) electrons. The van der Waals surface area contributed by atoms with Gasteiger partial charge in [-0.15, -0.1) is 0 Å². The number of hydrogen-bond acceptors (Lipinski definition) is 2. The number of rotatable bonds is 0. The number of halogens is 3. The van der Waals surface area contributed by atoms with Crippen LogP contribution in [0.3, 0.4) is 0 Å². The first kappa shape index (κ1) is 8.80. The van der Waals surface area contributed by atoms with Gasteiger partial charge in [0.2, 0.25) is 0 Å². The normalized spacial score (nSPS) is 33.8. The lowest BCUT2D eigenvalue weighted by atomic mass is 10.1. The van der Waals surface area contributed by atoms with Gasteiger partial charge in [-0.25, -0.2) is 0 Å². The summed E-state index contributed by atoms with van der Waals surface area (Å²) in [5.41, 5.74) is 0. The van der Waals surface area contributed by atoms with Gasteiger partial charge < -0.3 is 10.1 Å². The van der Waals surface area contributed by atoms with E-state index in [0.29, 0.717) is 6.61 Å². The maximum absolute atomic E-state index is 12.0. The Morgan fingerprint density at radius 2 is 2.09 bits per heavy atom. The van der Waals surface area contributed by atoms with Crippen LogP contribution in [-0.2, 0) is 4.74 Å². The average Bonchev–Trinajstić information content (AvgIpc) is 1.86. The van der Waals surface area contributed by atoms with Crippen LogP contribution in [0.15, 0.2) is 0 Å². The summed E-state index contributed by atoms with van der Waals surface area (Å²) in [7, 11) is 0. The molecule has 0 aromatic heterocycles. The lowest BCUT2D eigenvalue weighted by Gasteiger charge is -2.31. The maximum Gasteiger partial charge on any atom is 0.406 e. The molecule has 1 fully saturated rings. The number of hydrogen-bond donors (Lipinski definition) is 1. The highest BCUT2D eigenvalue weighted by Crippen LogP contribution is 2.24. The van der Waals surface area contributed by atoms with Crippen LogP contribution in [0.5, 0.6) is 0 Å². The van der Waals surface area contributed by atoms with E-state index in [1.54, 1.807) is 0 Å². The molecule has 1 saturated heterocycles. The summed E-state index contributed by atoms with van der Waals surface area (Å²) in [6.45, 7) is 2.05. The second kappa shape index (κ2) is 2.98. The van der Waals surface area contributed by atoms with Crippen LogP contribution >= 0.6 is 0 Å². The van der Waals surface area contributed by atoms with Gasteiger partial charge in [0.25, 0.3) is 0 Å². The molecule has 0 saturated carbocycles. The molecule has 0 spiro atoms. The van der Waals surface area contributed by atoms with Crippen molar-refractivity contribution in [3.8, 4) is 0 Å². The van der Waals surface area contributed by atoms with E-state index in [1.165, 1.54) is 6.92 Å². The number of alkyl halides is 3. The van der Waals surface area contributed by atoms with E-state index in [1.807, 2.05) is 0 Å². The van der Waals surface area contributed by atoms with E-state index in [2.05, 4.69) is 5.32 Å². The van der Waals surface area contributed by atoms with Crippen molar-refractivity contribution in [3.05, 3.63) is 0 Å². The third-order valence-corrected chi connectivity index (χ3v) is 1.67. The molecule has 1 aliphatic heterocycles. The van der Waals surface area contributed by atoms with Gasteiger partial charge in [0, 0.05) is 6.54 Å². The Kier molecular flexibility index (Phi) is 2.39. The average molecular weight is 169 g/mol. The van der Waals surface area contributed by atoms with Crippen molar-refractivity contribution in [1.82, 2.24) is 5.32 Å². The summed E-state index contributed by atoms with van der Waals surface area (Å²) in [5, 5.41) is 2.36. The molecule has 2 atom stereocenters. The molecule has 2 nitrogen and oxygen atoms in total. The van der Waals surface area contributed by atoms with Gasteiger partial charge in [0.1, 0.15) is 6.04 Å². The second-order valence-electron chi connectivity index (χ2n) is 2.55. The topological polar surface area (TPSA) is 21.3 Å². The van der Waals surface area contributed by atoms with E-state index >= 15 is 0 Å². The Hall–Kier alpha value is -0.290. The van der Waals surface area contributed by atoms with E-state index in [0.717, 1.165) is 0 Å². The Labute approximate surface area is 62.7 Å². The minimum absolute atomic E-state index is 0.272. The molecule has 5 heteroatoms. The smallest absolute Gasteiger partial charge is 0.375 e. The molecule has 1 aliphatic rings. The van der Waals surface area contributed by atoms with Crippen molar-refractivity contribution < 1.29 is 17.9 Å². The van der Waals surface area contributed by atoms with Gasteiger partial charge >= 0.3 is 6.18 Å². The molecule has 0 bridgehead atoms. The highest BCUT2D eigenvalue weighted by molar-refractivity contribution is 4.83. The molecule has 1 heterocycles. The predicted octanol–water partition coefficient (Wildman–Crippen LogP) is 0.926. The Bertz CT molecular complexity index is 136. The summed E-state index contributed by atoms with van der Waals surface area (Å²) in [5.74, 6) is 0. The first-order valence-electron chi connectivity index (χ1n) is 3.43. The zero-order chi connectivity index (χ0) is 8.48. The Morgan fingerprint density at radius 3 is 2.45 bits per heavy atom. The molecule has 0 unspecified atom stereocenters. The highest BCUT2D eigenvalue weighted by atomic mass is 19.4. The Morgan fingerprint density at radius 1 is 1.45 bits per heavy atom. The molecular weight excluding hydrogens is 159 g/mol. The molecule has 66 valence electrons. The summed E-state index contributed by atoms with van der Waals surface area (Å²) >= 11 is 0. The first-order valence-corrected chi connectivity index (χ1v) is 3.43. The largest absolute Gasteiger partial charge is 0.406 e. The first-order chi connectivity index (χ1) is 5.02. The van der Waals surface area contributed by atoms with Gasteiger partial charge in [-0.2, -0.15) is 13.2 Å². The maximum atomic E-state index is 12.0. The molecule has 0 aromatic carbocycles. The lowest BCUT2D eigenvalue weighted by Crippen LogP contribution is -2.55. The van der Waals surface area contributed by atoms with Crippen LogP contribution in [-0.4, -0.2) is 31.5 Å². The highest BCUT2D eigenvalue weighted by Gasteiger charge is 2.44. The predicted molar refractivity (Wildman–Crippen MR) is 33.3 cm³/mol. The van der Waals surface area contributed by atoms with Gasteiger partial charge in [-0.05, 0) is 6.92 Å². The summed E-state index contributed by atoms with van der Waals surface area (Å²) in [6, 6.07) is -1.50. The quantitative estimate of drug-likeness (QED) is 0.582. The zero-order valence-corrected chi connectivity index (χ0v) is 6.11. The fourth-order valence-electron chi connectivity index (χ4n) is 1.10. The fourth-order valence-corrected chi connectivity index (χ4v) is 1.10. The van der Waals surface area contributed by atoms with Crippen molar-refractivity contribution >= 4 is 0 Å². The molecule has 1 rings (SSSR count). The Balaban J connectivity index is 2.55. The van der Waals surface area contributed by atoms with Gasteiger partial charge in [0.05, 0.1) is 12.7 Å². The second-order valence-corrected chi connectivity index (χ2v) is 2.55. The third-order valence-electron chi connectivity index (χ3n) is 1.67. The monoisotopic (exact) mass is 169 g/mol. The van der Waals surface area contributed by atoms with Gasteiger partial charge in [-0.3, -0.25) is 0 Å². The van der Waals surface area contributed by atoms with Crippen LogP contribution in [0, 0.1) is 0 Å². The van der Waals surface area contributed by atoms with Crippen molar-refractivity contribution in [2.24, 2.45) is 0 Å². The molecule has 0 aliphatic carbocycles. The number of ether oxygens (including phenoxy) is 1. The SMILES string of the molecule is C[C@@H]1OCCN[C@H]1C(F)(F)F. The molecule has 0 amide bonds. The molecular formula is C6H10F3NO. The van der Waals surface area contributed by atoms with E-state index in [4.69, 9.17) is 4.74 Å². The van der Waals surface area contributed by atoms with Crippen LogP contribution < -0.4 is 5.32 Å². The zero-order valence-electron chi connectivity index (χ0n) is 6.11. The van der Waals surface area contributed by atoms with Crippen molar-refractivity contribution in [1.29, 1.82) is 0 Å². The lowest BCUT2D eigenvalue weighted by molar-refractivity contribution is -0.192. The summed E-state index contributed by atoms with van der Waals surface area (Å²) in [6.07, 6.45) is -4.97. The third kappa shape index (κ3) is 2.07. The van der Waals surface area contributed by atoms with Crippen molar-refractivity contribution in [2.45, 2.75) is 25.2 Å². The fraction of sp³-hybridized carbons (Fsp3) is 1.00. The van der Waals surface area contributed by atoms with E-state index in [-0.39, 0.29) is 6.54 Å². The molecule has 11 heavy (non-hydrogen) atoms. The standard InChI is InChI=1S/C6H10F3NO/c1-4-5(6(7,8)9)10-2-3-11-4/h4-5,10H,2-3H2,1H3/t4-,5+/m0/s1. The van der Waals surface area contributed by atoms with Crippen LogP contribution in [0.2, 0.25) is 0 Å². The minimum Gasteiger partial charge on any atom is -0.375 e. The minimum atomic E-state index is -4.19. The van der Waals surface area contributed by atoms with Crippen LogP contribution in [0.25, 0.3) is 0 Å². The van der Waals surface area contributed by atoms with E-state index in [9.17, 15) is 13.2 Å². The molecule has 0 aromatic rings. The number of nitrogens with one attached hydrogen (secondary N) is 1. The number of morpholine rings is 1. The van der Waals surface area contributed by atoms with Crippen LogP contribution in [0.4, 0.5) is 13.2 Å². The van der Waals surface area contributed by atoms with E-state index < -0.39 is 18.3 Å². The summed E-state index contributed by atoms with van der Waals surface area (Å²) < 4.78 is 41.0. The van der Waals surface area contributed by atoms with Crippen LogP contribution in [0.1, 0.15) is 6.92 Å². The van der Waals surface area contributed by atoms with Gasteiger partial charge in [0.15, 0.2) is 0 Å². The van der Waals surface area contributed by atoms with Gasteiger partial charge in [-0.1, -0.05) is 0 Å². The molecule has 1 N–H and O–H groups in total.